The van der Waals surface area contributed by atoms with Crippen LogP contribution in [0, 0.1) is 0 Å². The van der Waals surface area contributed by atoms with Gasteiger partial charge in [-0.2, -0.15) is 16.1 Å². The van der Waals surface area contributed by atoms with Crippen LogP contribution in [0.4, 0.5) is 0 Å². The van der Waals surface area contributed by atoms with Gasteiger partial charge in [0.2, 0.25) is 10.0 Å². The summed E-state index contributed by atoms with van der Waals surface area (Å²) in [6, 6.07) is 2.73. The molecule has 144 valence electrons. The van der Waals surface area contributed by atoms with Crippen molar-refractivity contribution in [2.24, 2.45) is 0 Å². The summed E-state index contributed by atoms with van der Waals surface area (Å²) >= 11 is 7.49. The summed E-state index contributed by atoms with van der Waals surface area (Å²) in [5.74, 6) is -1.53. The van der Waals surface area contributed by atoms with Crippen molar-refractivity contribution in [1.82, 2.24) is 9.62 Å². The highest BCUT2D eigenvalue weighted by Crippen LogP contribution is 2.28. The molecule has 0 bridgehead atoms. The molecule has 1 atom stereocenters. The van der Waals surface area contributed by atoms with E-state index in [0.29, 0.717) is 18.8 Å². The van der Waals surface area contributed by atoms with E-state index in [0.717, 1.165) is 12.8 Å². The molecule has 1 heterocycles. The summed E-state index contributed by atoms with van der Waals surface area (Å²) in [6.07, 6.45) is 3.59. The minimum Gasteiger partial charge on any atom is -0.548 e. The molecule has 1 fully saturated rings. The molecule has 1 aromatic rings. The van der Waals surface area contributed by atoms with Gasteiger partial charge in [0.05, 0.1) is 17.0 Å². The summed E-state index contributed by atoms with van der Waals surface area (Å²) in [5, 5.41) is 13.6. The van der Waals surface area contributed by atoms with Crippen LogP contribution in [0.25, 0.3) is 0 Å². The minimum atomic E-state index is -3.79. The van der Waals surface area contributed by atoms with E-state index in [1.54, 1.807) is 0 Å². The second-order valence-corrected chi connectivity index (χ2v) is 9.18. The molecule has 0 aromatic heterocycles. The first kappa shape index (κ1) is 21.0. The van der Waals surface area contributed by atoms with Gasteiger partial charge >= 0.3 is 0 Å². The molecule has 2 rings (SSSR count). The number of thioether (sulfide) groups is 1. The second kappa shape index (κ2) is 9.07. The third kappa shape index (κ3) is 4.91. The maximum Gasteiger partial charge on any atom is 0.251 e. The molecular weight excluding hydrogens is 400 g/mol. The number of carbonyl (C=O) groups excluding carboxylic acids is 2. The Morgan fingerprint density at radius 2 is 2.00 bits per heavy atom. The molecular formula is C16H20ClN2O5S2-. The summed E-state index contributed by atoms with van der Waals surface area (Å²) in [5.41, 5.74) is 0.0302. The van der Waals surface area contributed by atoms with E-state index in [-0.39, 0.29) is 21.9 Å². The van der Waals surface area contributed by atoms with Crippen LogP contribution in [0.15, 0.2) is 23.1 Å². The number of carboxylic acid groups (broad SMARTS) is 1. The van der Waals surface area contributed by atoms with Gasteiger partial charge in [-0.1, -0.05) is 11.6 Å². The highest BCUT2D eigenvalue weighted by molar-refractivity contribution is 7.98. The molecule has 1 aliphatic heterocycles. The summed E-state index contributed by atoms with van der Waals surface area (Å²) < 4.78 is 26.7. The standard InChI is InChI=1S/C16H21ClN2O5S2/c1-25-9-6-13(16(21)22)18-15(20)11-4-5-12(17)14(10-11)26(23,24)19-7-2-3-8-19/h4-5,10,13H,2-3,6-9H2,1H3,(H,18,20)(H,21,22)/p-1/t13-/m1/s1. The molecule has 1 aliphatic rings. The number of aliphatic carboxylic acids is 1. The number of nitrogens with one attached hydrogen (secondary N) is 1. The molecule has 1 amide bonds. The first-order valence-corrected chi connectivity index (χ1v) is 11.3. The zero-order valence-electron chi connectivity index (χ0n) is 14.2. The van der Waals surface area contributed by atoms with Crippen molar-refractivity contribution in [1.29, 1.82) is 0 Å². The third-order valence-electron chi connectivity index (χ3n) is 4.08. The Morgan fingerprint density at radius 3 is 2.58 bits per heavy atom. The van der Waals surface area contributed by atoms with Crippen molar-refractivity contribution < 1.29 is 23.1 Å². The average Bonchev–Trinajstić information content (AvgIpc) is 3.13. The molecule has 10 heteroatoms. The third-order valence-corrected chi connectivity index (χ3v) is 7.10. The molecule has 1 saturated heterocycles. The number of nitrogens with zero attached hydrogens (tertiary/aromatic N) is 1. The normalized spacial score (nSPS) is 16.4. The number of halogens is 1. The van der Waals surface area contributed by atoms with Crippen LogP contribution >= 0.6 is 23.4 Å². The van der Waals surface area contributed by atoms with Crippen molar-refractivity contribution in [2.75, 3.05) is 25.1 Å². The van der Waals surface area contributed by atoms with Crippen molar-refractivity contribution in [3.8, 4) is 0 Å². The van der Waals surface area contributed by atoms with Crippen LogP contribution in [0.2, 0.25) is 5.02 Å². The molecule has 0 aliphatic carbocycles. The fraction of sp³-hybridized carbons (Fsp3) is 0.500. The van der Waals surface area contributed by atoms with Crippen LogP contribution < -0.4 is 10.4 Å². The van der Waals surface area contributed by atoms with E-state index >= 15 is 0 Å². The Labute approximate surface area is 162 Å². The molecule has 1 N–H and O–H groups in total. The maximum atomic E-state index is 12.7. The van der Waals surface area contributed by atoms with Crippen molar-refractivity contribution in [2.45, 2.75) is 30.2 Å². The van der Waals surface area contributed by atoms with Gasteiger partial charge in [0.1, 0.15) is 4.90 Å². The Kier molecular flexibility index (Phi) is 7.33. The number of rotatable bonds is 8. The minimum absolute atomic E-state index is 0.0206. The predicted octanol–water partition coefficient (Wildman–Crippen LogP) is 0.726. The van der Waals surface area contributed by atoms with Gasteiger partial charge < -0.3 is 15.2 Å². The average molecular weight is 420 g/mol. The molecule has 0 spiro atoms. The lowest BCUT2D eigenvalue weighted by Gasteiger charge is -2.20. The maximum absolute atomic E-state index is 12.7. The molecule has 7 nitrogen and oxygen atoms in total. The van der Waals surface area contributed by atoms with E-state index in [9.17, 15) is 23.1 Å². The Bertz CT molecular complexity index is 779. The fourth-order valence-corrected chi connectivity index (χ4v) is 5.12. The van der Waals surface area contributed by atoms with E-state index in [1.807, 2.05) is 6.26 Å². The number of amides is 1. The van der Waals surface area contributed by atoms with Crippen molar-refractivity contribution in [3.05, 3.63) is 28.8 Å². The molecule has 1 aromatic carbocycles. The zero-order valence-corrected chi connectivity index (χ0v) is 16.6. The number of hydrogen-bond acceptors (Lipinski definition) is 6. The van der Waals surface area contributed by atoms with E-state index in [1.165, 1.54) is 34.3 Å². The number of benzene rings is 1. The van der Waals surface area contributed by atoms with Gasteiger partial charge in [-0.3, -0.25) is 4.79 Å². The number of carboxylic acids is 1. The quantitative estimate of drug-likeness (QED) is 0.665. The van der Waals surface area contributed by atoms with Crippen molar-refractivity contribution in [3.63, 3.8) is 0 Å². The molecule has 0 saturated carbocycles. The number of carbonyl (C=O) groups is 2. The van der Waals surface area contributed by atoms with Crippen molar-refractivity contribution >= 4 is 45.3 Å². The fourth-order valence-electron chi connectivity index (χ4n) is 2.64. The largest absolute Gasteiger partial charge is 0.548 e. The highest BCUT2D eigenvalue weighted by Gasteiger charge is 2.30. The molecule has 0 unspecified atom stereocenters. The van der Waals surface area contributed by atoms with Crippen LogP contribution in [0.5, 0.6) is 0 Å². The van der Waals surface area contributed by atoms with E-state index < -0.39 is 27.9 Å². The molecule has 0 radical (unpaired) electrons. The number of hydrogen-bond donors (Lipinski definition) is 1. The van der Waals surface area contributed by atoms with Gasteiger partial charge in [0.25, 0.3) is 5.91 Å². The van der Waals surface area contributed by atoms with Crippen LogP contribution in [-0.4, -0.2) is 55.7 Å². The van der Waals surface area contributed by atoms with Gasteiger partial charge in [-0.05, 0) is 49.5 Å². The van der Waals surface area contributed by atoms with Gasteiger partial charge in [-0.15, -0.1) is 0 Å². The zero-order chi connectivity index (χ0) is 19.3. The van der Waals surface area contributed by atoms with E-state index in [2.05, 4.69) is 5.32 Å². The first-order valence-electron chi connectivity index (χ1n) is 8.07. The lowest BCUT2D eigenvalue weighted by molar-refractivity contribution is -0.308. The Hall–Kier alpha value is -1.29. The van der Waals surface area contributed by atoms with Gasteiger partial charge in [0, 0.05) is 18.7 Å². The summed E-state index contributed by atoms with van der Waals surface area (Å²) in [4.78, 5) is 23.4. The number of sulfonamides is 1. The highest BCUT2D eigenvalue weighted by atomic mass is 35.5. The lowest BCUT2D eigenvalue weighted by Crippen LogP contribution is -2.48. The SMILES string of the molecule is CSCC[C@@H](NC(=O)c1ccc(Cl)c(S(=O)(=O)N2CCCC2)c1)C(=O)[O-]. The van der Waals surface area contributed by atoms with Crippen LogP contribution in [0.3, 0.4) is 0 Å². The predicted molar refractivity (Wildman–Crippen MR) is 98.7 cm³/mol. The van der Waals surface area contributed by atoms with E-state index in [4.69, 9.17) is 11.6 Å². The monoisotopic (exact) mass is 419 g/mol. The molecule has 26 heavy (non-hydrogen) atoms. The summed E-state index contributed by atoms with van der Waals surface area (Å²) in [6.45, 7) is 0.826. The lowest BCUT2D eigenvalue weighted by atomic mass is 10.1. The van der Waals surface area contributed by atoms with Gasteiger partial charge in [-0.25, -0.2) is 8.42 Å². The van der Waals surface area contributed by atoms with Crippen LogP contribution in [-0.2, 0) is 14.8 Å². The first-order chi connectivity index (χ1) is 12.3. The van der Waals surface area contributed by atoms with Crippen LogP contribution in [0.1, 0.15) is 29.6 Å². The Balaban J connectivity index is 2.25. The smallest absolute Gasteiger partial charge is 0.251 e. The Morgan fingerprint density at radius 1 is 1.35 bits per heavy atom. The second-order valence-electron chi connectivity index (χ2n) is 5.88. The summed E-state index contributed by atoms with van der Waals surface area (Å²) in [7, 11) is -3.79. The topological polar surface area (TPSA) is 107 Å². The van der Waals surface area contributed by atoms with Gasteiger partial charge in [0.15, 0.2) is 0 Å².